The highest BCUT2D eigenvalue weighted by molar-refractivity contribution is 7.17. The van der Waals surface area contributed by atoms with Crippen molar-refractivity contribution < 1.29 is 14.3 Å². The molecule has 0 spiro atoms. The Morgan fingerprint density at radius 2 is 2.04 bits per heavy atom. The Kier molecular flexibility index (Phi) is 6.14. The molecule has 26 heavy (non-hydrogen) atoms. The van der Waals surface area contributed by atoms with Crippen molar-refractivity contribution >= 4 is 39.6 Å². The number of hydrogen-bond donors (Lipinski definition) is 1. The lowest BCUT2D eigenvalue weighted by atomic mass is 9.87. The minimum Gasteiger partial charge on any atom is -0.462 e. The summed E-state index contributed by atoms with van der Waals surface area (Å²) < 4.78 is 5.12. The van der Waals surface area contributed by atoms with Crippen LogP contribution in [0.15, 0.2) is 12.1 Å². The molecule has 2 heterocycles. The van der Waals surface area contributed by atoms with E-state index in [1.165, 1.54) is 34.6 Å². The molecule has 140 valence electrons. The zero-order chi connectivity index (χ0) is 18.7. The van der Waals surface area contributed by atoms with E-state index in [0.717, 1.165) is 34.9 Å². The predicted molar refractivity (Wildman–Crippen MR) is 108 cm³/mol. The molecule has 1 aliphatic carbocycles. The molecule has 0 bridgehead atoms. The number of fused-ring (bicyclic) bond motifs is 1. The van der Waals surface area contributed by atoms with Crippen LogP contribution in [-0.4, -0.2) is 18.5 Å². The summed E-state index contributed by atoms with van der Waals surface area (Å²) in [4.78, 5) is 28.1. The monoisotopic (exact) mass is 391 g/mol. The van der Waals surface area contributed by atoms with E-state index in [1.54, 1.807) is 18.3 Å². The first-order valence-electron chi connectivity index (χ1n) is 9.28. The van der Waals surface area contributed by atoms with Crippen LogP contribution in [0.1, 0.15) is 69.0 Å². The third kappa shape index (κ3) is 4.01. The largest absolute Gasteiger partial charge is 0.462 e. The zero-order valence-corrected chi connectivity index (χ0v) is 17.1. The number of hydrogen-bond acceptors (Lipinski definition) is 5. The fourth-order valence-corrected chi connectivity index (χ4v) is 5.38. The van der Waals surface area contributed by atoms with Crippen molar-refractivity contribution in [2.45, 2.75) is 52.9 Å². The molecule has 1 atom stereocenters. The first-order valence-corrected chi connectivity index (χ1v) is 10.9. The Balaban J connectivity index is 1.79. The highest BCUT2D eigenvalue weighted by Gasteiger charge is 2.24. The van der Waals surface area contributed by atoms with E-state index in [4.69, 9.17) is 4.74 Å². The van der Waals surface area contributed by atoms with Gasteiger partial charge in [-0.2, -0.15) is 0 Å². The summed E-state index contributed by atoms with van der Waals surface area (Å²) in [6.45, 7) is 6.36. The number of carbonyl (C=O) groups is 2. The highest BCUT2D eigenvalue weighted by Crippen LogP contribution is 2.35. The van der Waals surface area contributed by atoms with Crippen LogP contribution in [0, 0.1) is 5.92 Å². The number of nitrogens with one attached hydrogen (secondary N) is 1. The number of ether oxygens (including phenoxy) is 1. The molecule has 0 saturated carbocycles. The molecule has 1 aliphatic rings. The number of thiophene rings is 2. The van der Waals surface area contributed by atoms with Crippen LogP contribution in [0.4, 0.5) is 5.00 Å². The lowest BCUT2D eigenvalue weighted by molar-refractivity contribution is 0.0528. The normalized spacial score (nSPS) is 16.2. The van der Waals surface area contributed by atoms with Crippen LogP contribution in [0.5, 0.6) is 0 Å². The van der Waals surface area contributed by atoms with E-state index in [9.17, 15) is 9.59 Å². The summed E-state index contributed by atoms with van der Waals surface area (Å²) in [5.41, 5.74) is 1.78. The molecule has 0 saturated heterocycles. The van der Waals surface area contributed by atoms with Gasteiger partial charge in [0.1, 0.15) is 5.00 Å². The van der Waals surface area contributed by atoms with Gasteiger partial charge in [-0.1, -0.05) is 20.3 Å². The molecule has 1 N–H and O–H groups in total. The van der Waals surface area contributed by atoms with E-state index < -0.39 is 0 Å². The smallest absolute Gasteiger partial charge is 0.341 e. The van der Waals surface area contributed by atoms with E-state index in [1.807, 2.05) is 19.1 Å². The molecule has 2 aromatic rings. The number of rotatable bonds is 6. The van der Waals surface area contributed by atoms with Crippen LogP contribution < -0.4 is 5.32 Å². The maximum atomic E-state index is 12.8. The van der Waals surface area contributed by atoms with Gasteiger partial charge in [0, 0.05) is 9.75 Å². The average molecular weight is 392 g/mol. The average Bonchev–Trinajstić information content (AvgIpc) is 3.24. The Bertz CT molecular complexity index is 806. The quantitative estimate of drug-likeness (QED) is 0.678. The highest BCUT2D eigenvalue weighted by atomic mass is 32.1. The molecule has 3 rings (SSSR count). The summed E-state index contributed by atoms with van der Waals surface area (Å²) in [7, 11) is 0. The van der Waals surface area contributed by atoms with Gasteiger partial charge in [-0.3, -0.25) is 4.79 Å². The molecule has 1 amide bonds. The van der Waals surface area contributed by atoms with Crippen molar-refractivity contribution in [2.75, 3.05) is 11.9 Å². The SMILES string of the molecule is CCOC(=O)c1cc(CC)sc1NC(=O)c1cc2c(s1)CCC(CC)C2. The van der Waals surface area contributed by atoms with Crippen molar-refractivity contribution in [2.24, 2.45) is 5.92 Å². The maximum Gasteiger partial charge on any atom is 0.341 e. The van der Waals surface area contributed by atoms with Crippen molar-refractivity contribution in [3.63, 3.8) is 0 Å². The van der Waals surface area contributed by atoms with E-state index >= 15 is 0 Å². The summed E-state index contributed by atoms with van der Waals surface area (Å²) in [5.74, 6) is 0.218. The van der Waals surface area contributed by atoms with Crippen LogP contribution in [0.2, 0.25) is 0 Å². The number of esters is 1. The summed E-state index contributed by atoms with van der Waals surface area (Å²) >= 11 is 3.04. The molecule has 4 nitrogen and oxygen atoms in total. The molecule has 0 aliphatic heterocycles. The third-order valence-electron chi connectivity index (χ3n) is 4.84. The number of aryl methyl sites for hydroxylation is 2. The molecular formula is C20H25NO3S2. The van der Waals surface area contributed by atoms with Gasteiger partial charge < -0.3 is 10.1 Å². The van der Waals surface area contributed by atoms with Gasteiger partial charge in [0.15, 0.2) is 0 Å². The van der Waals surface area contributed by atoms with E-state index in [-0.39, 0.29) is 11.9 Å². The molecular weight excluding hydrogens is 366 g/mol. The number of amides is 1. The predicted octanol–water partition coefficient (Wildman–Crippen LogP) is 5.32. The lowest BCUT2D eigenvalue weighted by Gasteiger charge is -2.19. The van der Waals surface area contributed by atoms with Gasteiger partial charge >= 0.3 is 5.97 Å². The number of carbonyl (C=O) groups excluding carboxylic acids is 2. The topological polar surface area (TPSA) is 55.4 Å². The van der Waals surface area contributed by atoms with E-state index in [2.05, 4.69) is 12.2 Å². The van der Waals surface area contributed by atoms with Crippen molar-refractivity contribution in [3.05, 3.63) is 37.9 Å². The summed E-state index contributed by atoms with van der Waals surface area (Å²) in [6.07, 6.45) is 5.36. The number of anilines is 1. The van der Waals surface area contributed by atoms with Gasteiger partial charge in [0.05, 0.1) is 17.0 Å². The fraction of sp³-hybridized carbons (Fsp3) is 0.500. The lowest BCUT2D eigenvalue weighted by Crippen LogP contribution is -2.13. The third-order valence-corrected chi connectivity index (χ3v) is 7.27. The Morgan fingerprint density at radius 3 is 2.73 bits per heavy atom. The Labute approximate surface area is 162 Å². The minimum atomic E-state index is -0.380. The maximum absolute atomic E-state index is 12.8. The molecule has 1 unspecified atom stereocenters. The molecule has 0 fully saturated rings. The van der Waals surface area contributed by atoms with Crippen LogP contribution in [-0.2, 0) is 24.0 Å². The molecule has 6 heteroatoms. The van der Waals surface area contributed by atoms with Crippen LogP contribution >= 0.6 is 22.7 Å². The standard InChI is InChI=1S/C20H25NO3S2/c1-4-12-7-8-16-13(9-12)10-17(26-16)18(22)21-19-15(20(23)24-6-3)11-14(5-2)25-19/h10-12H,4-9H2,1-3H3,(H,21,22). The van der Waals surface area contributed by atoms with Gasteiger partial charge in [0.25, 0.3) is 5.91 Å². The first-order chi connectivity index (χ1) is 12.5. The summed E-state index contributed by atoms with van der Waals surface area (Å²) in [6, 6.07) is 3.86. The van der Waals surface area contributed by atoms with Crippen molar-refractivity contribution in [1.29, 1.82) is 0 Å². The van der Waals surface area contributed by atoms with Crippen LogP contribution in [0.25, 0.3) is 0 Å². The van der Waals surface area contributed by atoms with Gasteiger partial charge in [-0.25, -0.2) is 4.79 Å². The van der Waals surface area contributed by atoms with E-state index in [0.29, 0.717) is 17.2 Å². The van der Waals surface area contributed by atoms with Crippen molar-refractivity contribution in [3.8, 4) is 0 Å². The van der Waals surface area contributed by atoms with Gasteiger partial charge in [0.2, 0.25) is 0 Å². The van der Waals surface area contributed by atoms with Crippen molar-refractivity contribution in [1.82, 2.24) is 0 Å². The second-order valence-corrected chi connectivity index (χ2v) is 8.83. The molecule has 2 aromatic heterocycles. The molecule has 0 radical (unpaired) electrons. The fourth-order valence-electron chi connectivity index (χ4n) is 3.29. The molecule has 0 aromatic carbocycles. The van der Waals surface area contributed by atoms with Gasteiger partial charge in [-0.05, 0) is 56.2 Å². The summed E-state index contributed by atoms with van der Waals surface area (Å²) in [5, 5.41) is 3.53. The zero-order valence-electron chi connectivity index (χ0n) is 15.5. The minimum absolute atomic E-state index is 0.132. The van der Waals surface area contributed by atoms with Crippen LogP contribution in [0.3, 0.4) is 0 Å². The van der Waals surface area contributed by atoms with Gasteiger partial charge in [-0.15, -0.1) is 22.7 Å². The first kappa shape index (κ1) is 19.1. The Hall–Kier alpha value is -1.66. The Morgan fingerprint density at radius 1 is 1.23 bits per heavy atom. The second kappa shape index (κ2) is 8.35. The second-order valence-electron chi connectivity index (χ2n) is 6.56.